The molecule has 0 atom stereocenters. The maximum absolute atomic E-state index is 9.80. The monoisotopic (exact) mass is 246 g/mol. The summed E-state index contributed by atoms with van der Waals surface area (Å²) in [6.07, 6.45) is 0.980. The molecule has 0 amide bonds. The van der Waals surface area contributed by atoms with Crippen molar-refractivity contribution in [3.63, 3.8) is 0 Å². The van der Waals surface area contributed by atoms with Crippen LogP contribution in [0.3, 0.4) is 0 Å². The zero-order valence-electron chi connectivity index (χ0n) is 3.90. The minimum Gasteiger partial charge on any atom is -0.478 e. The van der Waals surface area contributed by atoms with E-state index >= 15 is 0 Å². The highest BCUT2D eigenvalue weighted by molar-refractivity contribution is 14.1. The third kappa shape index (κ3) is 4.39. The third-order valence-electron chi connectivity index (χ3n) is 0.408. The summed E-state index contributed by atoms with van der Waals surface area (Å²) in [7, 11) is 0. The van der Waals surface area contributed by atoms with Gasteiger partial charge in [-0.15, -0.1) is 0 Å². The van der Waals surface area contributed by atoms with Gasteiger partial charge in [-0.05, 0) is 0 Å². The Morgan fingerprint density at radius 2 is 2.38 bits per heavy atom. The van der Waals surface area contributed by atoms with Crippen molar-refractivity contribution in [1.29, 1.82) is 0 Å². The number of carbonyl (C=O) groups is 1. The number of rotatable bonds is 2. The molecule has 0 spiro atoms. The first kappa shape index (κ1) is 8.23. The summed E-state index contributed by atoms with van der Waals surface area (Å²) in [6, 6.07) is 0. The molecule has 0 saturated carbocycles. The van der Waals surface area contributed by atoms with Gasteiger partial charge in [0, 0.05) is 15.5 Å². The summed E-state index contributed by atoms with van der Waals surface area (Å²) in [6.45, 7) is 0. The van der Waals surface area contributed by atoms with Gasteiger partial charge in [-0.2, -0.15) is 0 Å². The Hall–Kier alpha value is 0.230. The fraction of sp³-hybridized carbons (Fsp3) is 0.250. The molecule has 1 N–H and O–H groups in total. The molecule has 0 aliphatic heterocycles. The molecule has 0 unspecified atom stereocenters. The van der Waals surface area contributed by atoms with Crippen molar-refractivity contribution < 1.29 is 9.90 Å². The molecule has 46 valence electrons. The van der Waals surface area contributed by atoms with E-state index in [0.717, 1.165) is 6.08 Å². The second kappa shape index (κ2) is 4.14. The Morgan fingerprint density at radius 1 is 1.88 bits per heavy atom. The summed E-state index contributed by atoms with van der Waals surface area (Å²) in [5.74, 6) is -0.994. The van der Waals surface area contributed by atoms with Crippen molar-refractivity contribution in [1.82, 2.24) is 0 Å². The molecule has 0 radical (unpaired) electrons. The zero-order valence-corrected chi connectivity index (χ0v) is 6.81. The first-order valence-electron chi connectivity index (χ1n) is 1.81. The molecule has 0 aliphatic carbocycles. The highest BCUT2D eigenvalue weighted by Gasteiger charge is 1.91. The van der Waals surface area contributed by atoms with Gasteiger partial charge in [0.1, 0.15) is 0 Å². The molecular weight excluding hydrogens is 242 g/mol. The van der Waals surface area contributed by atoms with E-state index in [1.165, 1.54) is 0 Å². The van der Waals surface area contributed by atoms with Crippen LogP contribution in [0.1, 0.15) is 0 Å². The fourth-order valence-corrected chi connectivity index (χ4v) is 0.486. The van der Waals surface area contributed by atoms with Crippen LogP contribution in [-0.2, 0) is 4.79 Å². The second-order valence-electron chi connectivity index (χ2n) is 1.06. The van der Waals surface area contributed by atoms with Gasteiger partial charge in [0.25, 0.3) is 0 Å². The van der Waals surface area contributed by atoms with E-state index in [4.69, 9.17) is 16.7 Å². The van der Waals surface area contributed by atoms with Crippen LogP contribution in [-0.4, -0.2) is 15.5 Å². The van der Waals surface area contributed by atoms with Crippen LogP contribution in [0, 0.1) is 0 Å². The van der Waals surface area contributed by atoms with Crippen molar-refractivity contribution in [3.05, 3.63) is 11.1 Å². The van der Waals surface area contributed by atoms with Crippen molar-refractivity contribution in [2.75, 3.05) is 4.43 Å². The summed E-state index contributed by atoms with van der Waals surface area (Å²) in [5, 5.41) is 8.41. The lowest BCUT2D eigenvalue weighted by atomic mass is 10.5. The van der Waals surface area contributed by atoms with E-state index in [1.807, 2.05) is 22.6 Å². The average molecular weight is 246 g/mol. The normalized spacial score (nSPS) is 11.5. The van der Waals surface area contributed by atoms with Gasteiger partial charge in [-0.25, -0.2) is 4.79 Å². The number of aliphatic carboxylic acids is 1. The SMILES string of the molecule is O=C(O)/C=C(/Cl)CI. The van der Waals surface area contributed by atoms with Gasteiger partial charge < -0.3 is 5.11 Å². The van der Waals surface area contributed by atoms with Crippen LogP contribution in [0.5, 0.6) is 0 Å². The molecule has 0 aromatic carbocycles. The molecule has 0 bridgehead atoms. The molecule has 0 aromatic heterocycles. The Labute approximate surface area is 65.7 Å². The maximum atomic E-state index is 9.80. The number of hydrogen-bond donors (Lipinski definition) is 1. The zero-order chi connectivity index (χ0) is 6.57. The van der Waals surface area contributed by atoms with Crippen LogP contribution in [0.25, 0.3) is 0 Å². The van der Waals surface area contributed by atoms with E-state index in [-0.39, 0.29) is 0 Å². The third-order valence-corrected chi connectivity index (χ3v) is 1.92. The average Bonchev–Trinajstić information content (AvgIpc) is 1.65. The Balaban J connectivity index is 3.75. The van der Waals surface area contributed by atoms with Crippen LogP contribution < -0.4 is 0 Å². The van der Waals surface area contributed by atoms with Gasteiger partial charge >= 0.3 is 5.97 Å². The lowest BCUT2D eigenvalue weighted by Gasteiger charge is -1.83. The van der Waals surface area contributed by atoms with Gasteiger partial charge in [0.05, 0.1) is 0 Å². The summed E-state index contributed by atoms with van der Waals surface area (Å²) in [4.78, 5) is 9.80. The molecular formula is C4H4ClIO2. The fourth-order valence-electron chi connectivity index (χ4n) is 0.173. The molecule has 0 fully saturated rings. The summed E-state index contributed by atoms with van der Waals surface area (Å²) < 4.78 is 0.547. The molecule has 4 heteroatoms. The van der Waals surface area contributed by atoms with E-state index in [9.17, 15) is 4.79 Å². The van der Waals surface area contributed by atoms with Crippen molar-refractivity contribution in [3.8, 4) is 0 Å². The van der Waals surface area contributed by atoms with Gasteiger partial charge in [0.15, 0.2) is 0 Å². The highest BCUT2D eigenvalue weighted by atomic mass is 127. The molecule has 0 heterocycles. The van der Waals surface area contributed by atoms with E-state index in [1.54, 1.807) is 0 Å². The standard InChI is InChI=1S/C4H4ClIO2/c5-3(2-6)1-4(7)8/h1H,2H2,(H,7,8)/b3-1+. The highest BCUT2D eigenvalue weighted by Crippen LogP contribution is 2.03. The lowest BCUT2D eigenvalue weighted by molar-refractivity contribution is -0.131. The van der Waals surface area contributed by atoms with Gasteiger partial charge in [-0.1, -0.05) is 34.2 Å². The predicted molar refractivity (Wildman–Crippen MR) is 40.5 cm³/mol. The predicted octanol–water partition coefficient (Wildman–Crippen LogP) is 1.63. The number of hydrogen-bond acceptors (Lipinski definition) is 1. The number of alkyl halides is 1. The van der Waals surface area contributed by atoms with Crippen molar-refractivity contribution >= 4 is 40.2 Å². The number of carboxylic acid groups (broad SMARTS) is 1. The quantitative estimate of drug-likeness (QED) is 0.457. The largest absolute Gasteiger partial charge is 0.478 e. The Morgan fingerprint density at radius 3 is 2.50 bits per heavy atom. The first-order chi connectivity index (χ1) is 3.66. The Kier molecular flexibility index (Phi) is 4.26. The molecule has 0 aliphatic rings. The van der Waals surface area contributed by atoms with Crippen LogP contribution in [0.2, 0.25) is 0 Å². The topological polar surface area (TPSA) is 37.3 Å². The van der Waals surface area contributed by atoms with Gasteiger partial charge in [-0.3, -0.25) is 0 Å². The smallest absolute Gasteiger partial charge is 0.329 e. The van der Waals surface area contributed by atoms with Crippen molar-refractivity contribution in [2.45, 2.75) is 0 Å². The van der Waals surface area contributed by atoms with Crippen LogP contribution >= 0.6 is 34.2 Å². The molecule has 0 aromatic rings. The lowest BCUT2D eigenvalue weighted by Crippen LogP contribution is -1.88. The molecule has 0 saturated heterocycles. The molecule has 0 rings (SSSR count). The van der Waals surface area contributed by atoms with E-state index in [0.29, 0.717) is 9.46 Å². The van der Waals surface area contributed by atoms with Crippen LogP contribution in [0.15, 0.2) is 11.1 Å². The van der Waals surface area contributed by atoms with E-state index < -0.39 is 5.97 Å². The van der Waals surface area contributed by atoms with E-state index in [2.05, 4.69) is 0 Å². The van der Waals surface area contributed by atoms with Crippen LogP contribution in [0.4, 0.5) is 0 Å². The Bertz CT molecular complexity index is 121. The van der Waals surface area contributed by atoms with Gasteiger partial charge in [0.2, 0.25) is 0 Å². The molecule has 2 nitrogen and oxygen atoms in total. The minimum absolute atomic E-state index is 0.359. The summed E-state index contributed by atoms with van der Waals surface area (Å²) >= 11 is 7.32. The second-order valence-corrected chi connectivity index (χ2v) is 2.31. The number of halogens is 2. The minimum atomic E-state index is -0.994. The maximum Gasteiger partial charge on any atom is 0.329 e. The molecule has 8 heavy (non-hydrogen) atoms. The number of allylic oxidation sites excluding steroid dienone is 1. The summed E-state index contributed by atoms with van der Waals surface area (Å²) in [5.41, 5.74) is 0. The first-order valence-corrected chi connectivity index (χ1v) is 3.72. The van der Waals surface area contributed by atoms with Crippen molar-refractivity contribution in [2.24, 2.45) is 0 Å². The number of carboxylic acids is 1.